The lowest BCUT2D eigenvalue weighted by atomic mass is 10.1. The Hall–Kier alpha value is -1.88. The topological polar surface area (TPSA) is 66.0 Å². The van der Waals surface area contributed by atoms with Crippen molar-refractivity contribution in [1.29, 1.82) is 0 Å². The van der Waals surface area contributed by atoms with Gasteiger partial charge < -0.3 is 10.5 Å². The Bertz CT molecular complexity index is 579. The fourth-order valence-electron chi connectivity index (χ4n) is 2.59. The van der Waals surface area contributed by atoms with E-state index in [2.05, 4.69) is 16.1 Å². The molecular weight excluding hydrogens is 240 g/mol. The number of ether oxygens (including phenoxy) is 1. The van der Waals surface area contributed by atoms with Crippen LogP contribution in [0.1, 0.15) is 36.3 Å². The van der Waals surface area contributed by atoms with Crippen molar-refractivity contribution in [3.8, 4) is 5.75 Å². The molecule has 1 atom stereocenters. The highest BCUT2D eigenvalue weighted by Gasteiger charge is 2.22. The quantitative estimate of drug-likeness (QED) is 0.908. The third kappa shape index (κ3) is 2.21. The van der Waals surface area contributed by atoms with Crippen molar-refractivity contribution in [3.05, 3.63) is 41.5 Å². The summed E-state index contributed by atoms with van der Waals surface area (Å²) in [5.74, 6) is 1.78. The lowest BCUT2D eigenvalue weighted by Crippen LogP contribution is -2.08. The first-order valence-electron chi connectivity index (χ1n) is 6.66. The standard InChI is InChI=1S/C14H18N4O/c1-2-18-14(16-9-17-18)8-19-13-5-3-4-10-11(13)6-7-12(10)15/h3-5,9,12H,2,6-8,15H2,1H3. The molecule has 0 saturated heterocycles. The number of aryl methyl sites for hydroxylation is 1. The van der Waals surface area contributed by atoms with Gasteiger partial charge in [-0.1, -0.05) is 12.1 Å². The van der Waals surface area contributed by atoms with E-state index in [0.29, 0.717) is 6.61 Å². The van der Waals surface area contributed by atoms with Crippen LogP contribution >= 0.6 is 0 Å². The molecule has 1 aliphatic rings. The zero-order valence-electron chi connectivity index (χ0n) is 11.0. The van der Waals surface area contributed by atoms with Crippen molar-refractivity contribution in [2.24, 2.45) is 5.73 Å². The molecule has 2 N–H and O–H groups in total. The van der Waals surface area contributed by atoms with Gasteiger partial charge in [-0.05, 0) is 37.0 Å². The Balaban J connectivity index is 1.78. The van der Waals surface area contributed by atoms with Gasteiger partial charge in [-0.3, -0.25) is 0 Å². The number of nitrogens with two attached hydrogens (primary N) is 1. The fraction of sp³-hybridized carbons (Fsp3) is 0.429. The Morgan fingerprint density at radius 3 is 3.21 bits per heavy atom. The maximum absolute atomic E-state index is 6.07. The van der Waals surface area contributed by atoms with Gasteiger partial charge in [-0.2, -0.15) is 5.10 Å². The van der Waals surface area contributed by atoms with Crippen molar-refractivity contribution in [3.63, 3.8) is 0 Å². The van der Waals surface area contributed by atoms with Gasteiger partial charge in [0.15, 0.2) is 5.82 Å². The molecule has 2 aromatic rings. The maximum atomic E-state index is 6.07. The van der Waals surface area contributed by atoms with Crippen LogP contribution in [0.2, 0.25) is 0 Å². The molecule has 100 valence electrons. The largest absolute Gasteiger partial charge is 0.485 e. The van der Waals surface area contributed by atoms with Crippen LogP contribution in [0.3, 0.4) is 0 Å². The number of nitrogens with zero attached hydrogens (tertiary/aromatic N) is 3. The van der Waals surface area contributed by atoms with Crippen molar-refractivity contribution < 1.29 is 4.74 Å². The molecule has 5 nitrogen and oxygen atoms in total. The SMILES string of the molecule is CCn1ncnc1COc1cccc2c1CCC2N. The average molecular weight is 258 g/mol. The van der Waals surface area contributed by atoms with E-state index in [1.807, 2.05) is 23.7 Å². The number of fused-ring (bicyclic) bond motifs is 1. The van der Waals surface area contributed by atoms with Crippen molar-refractivity contribution >= 4 is 0 Å². The van der Waals surface area contributed by atoms with Gasteiger partial charge in [0, 0.05) is 12.6 Å². The molecule has 1 aromatic heterocycles. The maximum Gasteiger partial charge on any atom is 0.164 e. The second kappa shape index (κ2) is 5.01. The van der Waals surface area contributed by atoms with Crippen LogP contribution < -0.4 is 10.5 Å². The van der Waals surface area contributed by atoms with Crippen LogP contribution in [0.4, 0.5) is 0 Å². The first-order chi connectivity index (χ1) is 9.29. The first kappa shape index (κ1) is 12.2. The van der Waals surface area contributed by atoms with Gasteiger partial charge in [-0.15, -0.1) is 0 Å². The molecule has 0 saturated carbocycles. The molecule has 1 aliphatic carbocycles. The molecule has 1 heterocycles. The van der Waals surface area contributed by atoms with Gasteiger partial charge in [0.1, 0.15) is 18.7 Å². The summed E-state index contributed by atoms with van der Waals surface area (Å²) in [6.07, 6.45) is 3.56. The molecule has 5 heteroatoms. The van der Waals surface area contributed by atoms with E-state index in [9.17, 15) is 0 Å². The Labute approximate surface area is 112 Å². The summed E-state index contributed by atoms with van der Waals surface area (Å²) in [5.41, 5.74) is 8.53. The van der Waals surface area contributed by atoms with Gasteiger partial charge in [0.25, 0.3) is 0 Å². The highest BCUT2D eigenvalue weighted by Crippen LogP contribution is 2.35. The lowest BCUT2D eigenvalue weighted by molar-refractivity contribution is 0.284. The second-order valence-corrected chi connectivity index (χ2v) is 4.75. The molecule has 3 rings (SSSR count). The average Bonchev–Trinajstić information content (AvgIpc) is 3.03. The summed E-state index contributed by atoms with van der Waals surface area (Å²) in [6.45, 7) is 3.29. The smallest absolute Gasteiger partial charge is 0.164 e. The summed E-state index contributed by atoms with van der Waals surface area (Å²) < 4.78 is 7.75. The molecule has 1 unspecified atom stereocenters. The lowest BCUT2D eigenvalue weighted by Gasteiger charge is -2.11. The molecule has 0 fully saturated rings. The Morgan fingerprint density at radius 1 is 1.47 bits per heavy atom. The number of rotatable bonds is 4. The van der Waals surface area contributed by atoms with E-state index < -0.39 is 0 Å². The highest BCUT2D eigenvalue weighted by molar-refractivity contribution is 5.44. The predicted octanol–water partition coefficient (Wildman–Crippen LogP) is 1.82. The van der Waals surface area contributed by atoms with E-state index >= 15 is 0 Å². The van der Waals surface area contributed by atoms with Crippen molar-refractivity contribution in [2.45, 2.75) is 39.0 Å². The number of benzene rings is 1. The van der Waals surface area contributed by atoms with Crippen LogP contribution in [0, 0.1) is 0 Å². The third-order valence-corrected chi connectivity index (χ3v) is 3.63. The zero-order valence-corrected chi connectivity index (χ0v) is 11.0. The van der Waals surface area contributed by atoms with E-state index in [4.69, 9.17) is 10.5 Å². The molecule has 0 amide bonds. The first-order valence-corrected chi connectivity index (χ1v) is 6.66. The van der Waals surface area contributed by atoms with Crippen LogP contribution in [0.5, 0.6) is 5.75 Å². The molecular formula is C14H18N4O. The third-order valence-electron chi connectivity index (χ3n) is 3.63. The highest BCUT2D eigenvalue weighted by atomic mass is 16.5. The van der Waals surface area contributed by atoms with Crippen LogP contribution in [0.25, 0.3) is 0 Å². The Kier molecular flexibility index (Phi) is 3.21. The summed E-state index contributed by atoms with van der Waals surface area (Å²) in [4.78, 5) is 4.21. The van der Waals surface area contributed by atoms with Crippen LogP contribution in [0.15, 0.2) is 24.5 Å². The molecule has 0 bridgehead atoms. The molecule has 1 aromatic carbocycles. The van der Waals surface area contributed by atoms with Crippen LogP contribution in [-0.4, -0.2) is 14.8 Å². The number of hydrogen-bond acceptors (Lipinski definition) is 4. The monoisotopic (exact) mass is 258 g/mol. The summed E-state index contributed by atoms with van der Waals surface area (Å²) in [6, 6.07) is 6.25. The van der Waals surface area contributed by atoms with Gasteiger partial charge >= 0.3 is 0 Å². The molecule has 19 heavy (non-hydrogen) atoms. The molecule has 0 aliphatic heterocycles. The normalized spacial score (nSPS) is 17.5. The minimum atomic E-state index is 0.151. The van der Waals surface area contributed by atoms with Gasteiger partial charge in [-0.25, -0.2) is 9.67 Å². The fourth-order valence-corrected chi connectivity index (χ4v) is 2.59. The van der Waals surface area contributed by atoms with Gasteiger partial charge in [0.05, 0.1) is 0 Å². The van der Waals surface area contributed by atoms with E-state index in [1.54, 1.807) is 6.33 Å². The van der Waals surface area contributed by atoms with E-state index in [1.165, 1.54) is 11.1 Å². The Morgan fingerprint density at radius 2 is 2.37 bits per heavy atom. The van der Waals surface area contributed by atoms with Gasteiger partial charge in [0.2, 0.25) is 0 Å². The molecule has 0 spiro atoms. The summed E-state index contributed by atoms with van der Waals surface area (Å²) in [5, 5.41) is 4.14. The second-order valence-electron chi connectivity index (χ2n) is 4.75. The summed E-state index contributed by atoms with van der Waals surface area (Å²) >= 11 is 0. The number of hydrogen-bond donors (Lipinski definition) is 1. The van der Waals surface area contributed by atoms with E-state index in [0.717, 1.165) is 31.0 Å². The van der Waals surface area contributed by atoms with Crippen LogP contribution in [-0.2, 0) is 19.6 Å². The zero-order chi connectivity index (χ0) is 13.2. The predicted molar refractivity (Wildman–Crippen MR) is 71.7 cm³/mol. The minimum Gasteiger partial charge on any atom is -0.485 e. The molecule has 0 radical (unpaired) electrons. The van der Waals surface area contributed by atoms with E-state index in [-0.39, 0.29) is 6.04 Å². The minimum absolute atomic E-state index is 0.151. The van der Waals surface area contributed by atoms with Crippen molar-refractivity contribution in [1.82, 2.24) is 14.8 Å². The van der Waals surface area contributed by atoms with Crippen molar-refractivity contribution in [2.75, 3.05) is 0 Å². The number of aromatic nitrogens is 3. The summed E-state index contributed by atoms with van der Waals surface area (Å²) in [7, 11) is 0.